The van der Waals surface area contributed by atoms with Gasteiger partial charge in [0.1, 0.15) is 6.10 Å². The van der Waals surface area contributed by atoms with E-state index < -0.39 is 36.2 Å². The molecule has 0 amide bonds. The van der Waals surface area contributed by atoms with Crippen molar-refractivity contribution in [3.63, 3.8) is 0 Å². The standard InChI is InChI=1S/C26H42O9/c1-16(13-23(30)33-11-9-7-5-4-6-8-10-22(28)29)12-20-25(32)24(31)19(15-34-20)14-21-26(35-21)17(2)18(3)27/h13,17-21,25-27,32H,4-12,14-15H2,1-3H3,(H,28,29). The molecule has 0 aromatic heterocycles. The van der Waals surface area contributed by atoms with Crippen molar-refractivity contribution in [2.24, 2.45) is 11.8 Å². The lowest BCUT2D eigenvalue weighted by molar-refractivity contribution is -0.156. The number of carboxylic acids is 1. The molecule has 2 heterocycles. The third-order valence-electron chi connectivity index (χ3n) is 6.89. The number of aliphatic carboxylic acids is 1. The first-order valence-electron chi connectivity index (χ1n) is 12.8. The third-order valence-corrected chi connectivity index (χ3v) is 6.89. The number of ether oxygens (including phenoxy) is 3. The molecule has 9 heteroatoms. The first kappa shape index (κ1) is 29.4. The van der Waals surface area contributed by atoms with E-state index in [4.69, 9.17) is 19.3 Å². The molecule has 9 nitrogen and oxygen atoms in total. The molecule has 0 aromatic rings. The molecular weight excluding hydrogens is 456 g/mol. The number of ketones is 1. The first-order chi connectivity index (χ1) is 16.6. The van der Waals surface area contributed by atoms with E-state index in [0.29, 0.717) is 25.0 Å². The Kier molecular flexibility index (Phi) is 12.3. The van der Waals surface area contributed by atoms with E-state index in [0.717, 1.165) is 32.1 Å². The summed E-state index contributed by atoms with van der Waals surface area (Å²) in [6.07, 6.45) is 4.89. The molecule has 2 fully saturated rings. The highest BCUT2D eigenvalue weighted by Crippen LogP contribution is 2.37. The fourth-order valence-electron chi connectivity index (χ4n) is 4.43. The number of epoxide rings is 1. The van der Waals surface area contributed by atoms with Gasteiger partial charge in [0.15, 0.2) is 5.78 Å². The molecule has 0 bridgehead atoms. The Morgan fingerprint density at radius 2 is 1.77 bits per heavy atom. The van der Waals surface area contributed by atoms with Gasteiger partial charge in [0.25, 0.3) is 0 Å². The lowest BCUT2D eigenvalue weighted by atomic mass is 9.87. The van der Waals surface area contributed by atoms with Gasteiger partial charge >= 0.3 is 11.9 Å². The monoisotopic (exact) mass is 498 g/mol. The molecule has 35 heavy (non-hydrogen) atoms. The summed E-state index contributed by atoms with van der Waals surface area (Å²) in [7, 11) is 0. The van der Waals surface area contributed by atoms with Crippen LogP contribution in [0.1, 0.15) is 78.6 Å². The van der Waals surface area contributed by atoms with Gasteiger partial charge < -0.3 is 29.5 Å². The van der Waals surface area contributed by atoms with Crippen LogP contribution in [0.2, 0.25) is 0 Å². The van der Waals surface area contributed by atoms with E-state index >= 15 is 0 Å². The number of hydrogen-bond acceptors (Lipinski definition) is 8. The largest absolute Gasteiger partial charge is 0.481 e. The van der Waals surface area contributed by atoms with Gasteiger partial charge in [-0.3, -0.25) is 9.59 Å². The minimum atomic E-state index is -1.25. The Hall–Kier alpha value is -1.81. The molecule has 0 radical (unpaired) electrons. The maximum absolute atomic E-state index is 12.7. The molecule has 7 unspecified atom stereocenters. The summed E-state index contributed by atoms with van der Waals surface area (Å²) in [6.45, 7) is 5.88. The van der Waals surface area contributed by atoms with Crippen LogP contribution in [-0.2, 0) is 28.6 Å². The van der Waals surface area contributed by atoms with Gasteiger partial charge in [0.05, 0.1) is 37.6 Å². The average molecular weight is 499 g/mol. The second kappa shape index (κ2) is 14.7. The fraction of sp³-hybridized carbons (Fsp3) is 0.808. The van der Waals surface area contributed by atoms with Gasteiger partial charge in [-0.05, 0) is 39.5 Å². The lowest BCUT2D eigenvalue weighted by Crippen LogP contribution is -2.47. The first-order valence-corrected chi connectivity index (χ1v) is 12.8. The van der Waals surface area contributed by atoms with Crippen molar-refractivity contribution >= 4 is 17.7 Å². The number of hydrogen-bond donors (Lipinski definition) is 3. The van der Waals surface area contributed by atoms with Crippen LogP contribution in [0.25, 0.3) is 0 Å². The predicted molar refractivity (Wildman–Crippen MR) is 128 cm³/mol. The van der Waals surface area contributed by atoms with Gasteiger partial charge in [-0.25, -0.2) is 4.79 Å². The van der Waals surface area contributed by atoms with Crippen LogP contribution < -0.4 is 0 Å². The molecule has 2 aliphatic heterocycles. The Morgan fingerprint density at radius 3 is 2.43 bits per heavy atom. The van der Waals surface area contributed by atoms with Gasteiger partial charge in [0.2, 0.25) is 0 Å². The van der Waals surface area contributed by atoms with Crippen LogP contribution in [0, 0.1) is 11.8 Å². The number of Topliss-reactive ketones (excluding diaryl/α,β-unsaturated/α-hetero) is 1. The normalized spacial score (nSPS) is 28.4. The highest BCUT2D eigenvalue weighted by Gasteiger charge is 2.48. The summed E-state index contributed by atoms with van der Waals surface area (Å²) in [5, 5.41) is 28.7. The summed E-state index contributed by atoms with van der Waals surface area (Å²) in [5.74, 6) is -1.94. The summed E-state index contributed by atoms with van der Waals surface area (Å²) in [6, 6.07) is 0. The molecule has 0 saturated carbocycles. The molecule has 7 atom stereocenters. The van der Waals surface area contributed by atoms with E-state index in [9.17, 15) is 24.6 Å². The van der Waals surface area contributed by atoms with Crippen molar-refractivity contribution in [1.29, 1.82) is 0 Å². The van der Waals surface area contributed by atoms with Gasteiger partial charge in [-0.2, -0.15) is 0 Å². The van der Waals surface area contributed by atoms with Crippen LogP contribution in [0.4, 0.5) is 0 Å². The number of esters is 1. The van der Waals surface area contributed by atoms with E-state index in [1.165, 1.54) is 6.08 Å². The molecular formula is C26H42O9. The molecule has 2 aliphatic rings. The van der Waals surface area contributed by atoms with E-state index in [2.05, 4.69) is 0 Å². The van der Waals surface area contributed by atoms with Crippen LogP contribution in [0.15, 0.2) is 11.6 Å². The Bertz CT molecular complexity index is 732. The molecule has 2 saturated heterocycles. The maximum Gasteiger partial charge on any atom is 0.330 e. The summed E-state index contributed by atoms with van der Waals surface area (Å²) in [4.78, 5) is 35.1. The Labute approximate surface area is 207 Å². The molecule has 200 valence electrons. The number of rotatable bonds is 16. The topological polar surface area (TPSA) is 143 Å². The molecule has 2 rings (SSSR count). The average Bonchev–Trinajstić information content (AvgIpc) is 3.55. The Morgan fingerprint density at radius 1 is 1.11 bits per heavy atom. The minimum absolute atomic E-state index is 0.0136. The number of carboxylic acid groups (broad SMARTS) is 1. The highest BCUT2D eigenvalue weighted by molar-refractivity contribution is 5.87. The van der Waals surface area contributed by atoms with Gasteiger partial charge in [0, 0.05) is 24.3 Å². The predicted octanol–water partition coefficient (Wildman–Crippen LogP) is 2.80. The van der Waals surface area contributed by atoms with Crippen LogP contribution in [-0.4, -0.2) is 76.8 Å². The van der Waals surface area contributed by atoms with Crippen LogP contribution >= 0.6 is 0 Å². The lowest BCUT2D eigenvalue weighted by Gasteiger charge is -2.32. The van der Waals surface area contributed by atoms with Gasteiger partial charge in [-0.1, -0.05) is 38.2 Å². The van der Waals surface area contributed by atoms with Crippen molar-refractivity contribution in [3.8, 4) is 0 Å². The van der Waals surface area contributed by atoms with Crippen molar-refractivity contribution < 1.29 is 43.9 Å². The number of aliphatic hydroxyl groups excluding tert-OH is 2. The summed E-state index contributed by atoms with van der Waals surface area (Å²) < 4.78 is 16.6. The van der Waals surface area contributed by atoms with E-state index in [1.807, 2.05) is 6.92 Å². The molecule has 0 spiro atoms. The zero-order valence-corrected chi connectivity index (χ0v) is 21.2. The van der Waals surface area contributed by atoms with Gasteiger partial charge in [-0.15, -0.1) is 0 Å². The minimum Gasteiger partial charge on any atom is -0.481 e. The van der Waals surface area contributed by atoms with Crippen molar-refractivity contribution in [1.82, 2.24) is 0 Å². The van der Waals surface area contributed by atoms with Crippen molar-refractivity contribution in [3.05, 3.63) is 11.6 Å². The van der Waals surface area contributed by atoms with Crippen molar-refractivity contribution in [2.75, 3.05) is 13.2 Å². The van der Waals surface area contributed by atoms with Crippen LogP contribution in [0.3, 0.4) is 0 Å². The summed E-state index contributed by atoms with van der Waals surface area (Å²) in [5.41, 5.74) is 0.667. The maximum atomic E-state index is 12.7. The van der Waals surface area contributed by atoms with Crippen molar-refractivity contribution in [2.45, 2.75) is 109 Å². The van der Waals surface area contributed by atoms with Crippen LogP contribution in [0.5, 0.6) is 0 Å². The Balaban J connectivity index is 1.62. The number of unbranched alkanes of at least 4 members (excludes halogenated alkanes) is 5. The van der Waals surface area contributed by atoms with E-state index in [1.54, 1.807) is 13.8 Å². The quantitative estimate of drug-likeness (QED) is 0.127. The second-order valence-corrected chi connectivity index (χ2v) is 10.0. The smallest absolute Gasteiger partial charge is 0.330 e. The molecule has 3 N–H and O–H groups in total. The number of carbonyl (C=O) groups is 3. The second-order valence-electron chi connectivity index (χ2n) is 10.0. The fourth-order valence-corrected chi connectivity index (χ4v) is 4.43. The number of carbonyl (C=O) groups excluding carboxylic acids is 2. The molecule has 0 aliphatic carbocycles. The third kappa shape index (κ3) is 10.4. The SMILES string of the molecule is CC(=CC(=O)OCCCCCCCCC(=O)O)CC1OCC(CC2OC2C(C)C(C)O)C(=O)C1O. The number of aliphatic hydroxyl groups is 2. The highest BCUT2D eigenvalue weighted by atomic mass is 16.6. The zero-order valence-electron chi connectivity index (χ0n) is 21.2. The zero-order chi connectivity index (χ0) is 26.0. The van der Waals surface area contributed by atoms with E-state index in [-0.39, 0.29) is 43.4 Å². The summed E-state index contributed by atoms with van der Waals surface area (Å²) >= 11 is 0. The molecule has 0 aromatic carbocycles.